The fourth-order valence-electron chi connectivity index (χ4n) is 2.36. The molecule has 2 aromatic carbocycles. The van der Waals surface area contributed by atoms with E-state index in [9.17, 15) is 24.0 Å². The summed E-state index contributed by atoms with van der Waals surface area (Å²) >= 11 is 0. The van der Waals surface area contributed by atoms with Gasteiger partial charge in [-0.05, 0) is 24.3 Å². The predicted molar refractivity (Wildman–Crippen MR) is 79.9 cm³/mol. The molecule has 0 unspecified atom stereocenters. The van der Waals surface area contributed by atoms with Crippen LogP contribution in [0.1, 0.15) is 5.56 Å². The molecule has 1 N–H and O–H groups in total. The minimum Gasteiger partial charge on any atom is -0.391 e. The zero-order valence-corrected chi connectivity index (χ0v) is 12.1. The molecule has 6 nitrogen and oxygen atoms in total. The summed E-state index contributed by atoms with van der Waals surface area (Å²) < 4.78 is 31.6. The van der Waals surface area contributed by atoms with Crippen LogP contribution in [0, 0.1) is 21.7 Å². The molecule has 122 valence electrons. The Kier molecular flexibility index (Phi) is 4.05. The average Bonchev–Trinajstić information content (AvgIpc) is 3.01. The summed E-state index contributed by atoms with van der Waals surface area (Å²) in [5.74, 6) is -2.09. The van der Waals surface area contributed by atoms with Crippen LogP contribution in [0.5, 0.6) is 0 Å². The molecule has 3 aromatic rings. The van der Waals surface area contributed by atoms with Gasteiger partial charge in [0.15, 0.2) is 17.4 Å². The van der Waals surface area contributed by atoms with Crippen LogP contribution in [0.15, 0.2) is 47.0 Å². The molecule has 0 atom stereocenters. The molecule has 24 heavy (non-hydrogen) atoms. The van der Waals surface area contributed by atoms with E-state index < -0.39 is 23.2 Å². The van der Waals surface area contributed by atoms with E-state index in [1.54, 1.807) is 6.07 Å². The minimum atomic E-state index is -1.08. The number of nitro groups is 1. The quantitative estimate of drug-likeness (QED) is 0.581. The Bertz CT molecular complexity index is 924. The third kappa shape index (κ3) is 2.63. The fraction of sp³-hybridized carbons (Fsp3) is 0.0625. The maximum Gasteiger partial charge on any atom is 0.280 e. The van der Waals surface area contributed by atoms with E-state index in [1.165, 1.54) is 24.3 Å². The number of nitrogens with zero attached hydrogens (tertiary/aromatic N) is 2. The van der Waals surface area contributed by atoms with Crippen molar-refractivity contribution in [1.29, 1.82) is 0 Å². The molecule has 1 aromatic heterocycles. The van der Waals surface area contributed by atoms with E-state index in [2.05, 4.69) is 5.16 Å². The number of hydrogen-bond donors (Lipinski definition) is 1. The number of halogens is 2. The monoisotopic (exact) mass is 332 g/mol. The van der Waals surface area contributed by atoms with Gasteiger partial charge in [0, 0.05) is 11.6 Å². The Balaban J connectivity index is 2.18. The second-order valence-electron chi connectivity index (χ2n) is 4.90. The first kappa shape index (κ1) is 15.8. The molecule has 0 aliphatic rings. The van der Waals surface area contributed by atoms with Crippen molar-refractivity contribution in [2.75, 3.05) is 0 Å². The smallest absolute Gasteiger partial charge is 0.280 e. The standard InChI is InChI=1S/C16H10F2N2O4/c17-12-6-5-9(7-13(12)18)15-11(8-21)16(24-19-15)10-3-1-2-4-14(10)20(22)23/h1-7,21H,8H2. The molecule has 1 heterocycles. The van der Waals surface area contributed by atoms with E-state index in [-0.39, 0.29) is 33.8 Å². The van der Waals surface area contributed by atoms with Crippen LogP contribution in [0.2, 0.25) is 0 Å². The zero-order chi connectivity index (χ0) is 17.3. The molecule has 3 rings (SSSR count). The highest BCUT2D eigenvalue weighted by molar-refractivity contribution is 5.77. The van der Waals surface area contributed by atoms with Crippen molar-refractivity contribution >= 4 is 5.69 Å². The normalized spacial score (nSPS) is 10.8. The molecular formula is C16H10F2N2O4. The SMILES string of the molecule is O=[N+]([O-])c1ccccc1-c1onc(-c2ccc(F)c(F)c2)c1CO. The van der Waals surface area contributed by atoms with Crippen LogP contribution in [0.25, 0.3) is 22.6 Å². The van der Waals surface area contributed by atoms with Gasteiger partial charge in [0.2, 0.25) is 0 Å². The van der Waals surface area contributed by atoms with Crippen molar-refractivity contribution < 1.29 is 23.3 Å². The summed E-state index contributed by atoms with van der Waals surface area (Å²) in [6.07, 6.45) is 0. The van der Waals surface area contributed by atoms with Gasteiger partial charge in [-0.25, -0.2) is 8.78 Å². The number of para-hydroxylation sites is 1. The number of rotatable bonds is 4. The highest BCUT2D eigenvalue weighted by Crippen LogP contribution is 2.37. The van der Waals surface area contributed by atoms with Gasteiger partial charge in [-0.3, -0.25) is 10.1 Å². The lowest BCUT2D eigenvalue weighted by Crippen LogP contribution is -1.94. The summed E-state index contributed by atoms with van der Waals surface area (Å²) in [5.41, 5.74) is 0.333. The Hall–Kier alpha value is -3.13. The van der Waals surface area contributed by atoms with E-state index in [0.717, 1.165) is 12.1 Å². The summed E-state index contributed by atoms with van der Waals surface area (Å²) in [4.78, 5) is 10.6. The van der Waals surface area contributed by atoms with Gasteiger partial charge in [0.1, 0.15) is 5.69 Å². The molecule has 0 radical (unpaired) electrons. The van der Waals surface area contributed by atoms with Crippen LogP contribution < -0.4 is 0 Å². The molecule has 0 amide bonds. The van der Waals surface area contributed by atoms with E-state index in [4.69, 9.17) is 4.52 Å². The van der Waals surface area contributed by atoms with Gasteiger partial charge < -0.3 is 9.63 Å². The van der Waals surface area contributed by atoms with Gasteiger partial charge in [-0.1, -0.05) is 17.3 Å². The highest BCUT2D eigenvalue weighted by atomic mass is 19.2. The molecule has 0 aliphatic heterocycles. The number of benzene rings is 2. The number of aromatic nitrogens is 1. The minimum absolute atomic E-state index is 0.00420. The van der Waals surface area contributed by atoms with E-state index >= 15 is 0 Å². The topological polar surface area (TPSA) is 89.4 Å². The van der Waals surface area contributed by atoms with Gasteiger partial charge in [-0.15, -0.1) is 0 Å². The van der Waals surface area contributed by atoms with Crippen molar-refractivity contribution in [1.82, 2.24) is 5.16 Å². The van der Waals surface area contributed by atoms with Gasteiger partial charge >= 0.3 is 0 Å². The molecule has 0 aliphatic carbocycles. The number of hydrogen-bond acceptors (Lipinski definition) is 5. The third-order valence-corrected chi connectivity index (χ3v) is 3.48. The second-order valence-corrected chi connectivity index (χ2v) is 4.90. The number of aliphatic hydroxyl groups excluding tert-OH is 1. The average molecular weight is 332 g/mol. The first-order valence-corrected chi connectivity index (χ1v) is 6.81. The van der Waals surface area contributed by atoms with Crippen molar-refractivity contribution in [3.8, 4) is 22.6 Å². The van der Waals surface area contributed by atoms with Crippen molar-refractivity contribution in [3.05, 3.63) is 69.8 Å². The molecule has 0 saturated carbocycles. The van der Waals surface area contributed by atoms with Gasteiger partial charge in [0.25, 0.3) is 5.69 Å². The van der Waals surface area contributed by atoms with Crippen LogP contribution in [0.3, 0.4) is 0 Å². The molecule has 0 saturated heterocycles. The molecule has 8 heteroatoms. The zero-order valence-electron chi connectivity index (χ0n) is 12.1. The van der Waals surface area contributed by atoms with Gasteiger partial charge in [-0.2, -0.15) is 0 Å². The molecule has 0 fully saturated rings. The summed E-state index contributed by atoms with van der Waals surface area (Å²) in [7, 11) is 0. The van der Waals surface area contributed by atoms with Crippen LogP contribution in [-0.4, -0.2) is 15.2 Å². The first-order valence-electron chi connectivity index (χ1n) is 6.81. The maximum atomic E-state index is 13.4. The lowest BCUT2D eigenvalue weighted by molar-refractivity contribution is -0.384. The summed E-state index contributed by atoms with van der Waals surface area (Å²) in [6.45, 7) is -0.542. The van der Waals surface area contributed by atoms with Crippen LogP contribution in [0.4, 0.5) is 14.5 Å². The maximum absolute atomic E-state index is 13.4. The summed E-state index contributed by atoms with van der Waals surface area (Å²) in [5, 5.41) is 24.5. The fourth-order valence-corrected chi connectivity index (χ4v) is 2.36. The van der Waals surface area contributed by atoms with Crippen molar-refractivity contribution in [2.45, 2.75) is 6.61 Å². The molecular weight excluding hydrogens is 322 g/mol. The second kappa shape index (κ2) is 6.17. The Morgan fingerprint density at radius 3 is 2.58 bits per heavy atom. The number of aliphatic hydroxyl groups is 1. The van der Waals surface area contributed by atoms with Crippen molar-refractivity contribution in [3.63, 3.8) is 0 Å². The lowest BCUT2D eigenvalue weighted by Gasteiger charge is -2.03. The number of nitro benzene ring substituents is 1. The highest BCUT2D eigenvalue weighted by Gasteiger charge is 2.24. The van der Waals surface area contributed by atoms with E-state index in [1.807, 2.05) is 0 Å². The first-order chi connectivity index (χ1) is 11.5. The largest absolute Gasteiger partial charge is 0.391 e. The Labute approximate surface area is 134 Å². The predicted octanol–water partition coefficient (Wildman–Crippen LogP) is 3.69. The van der Waals surface area contributed by atoms with Crippen LogP contribution >= 0.6 is 0 Å². The molecule has 0 spiro atoms. The van der Waals surface area contributed by atoms with E-state index in [0.29, 0.717) is 0 Å². The lowest BCUT2D eigenvalue weighted by atomic mass is 10.0. The van der Waals surface area contributed by atoms with Gasteiger partial charge in [0.05, 0.1) is 22.7 Å². The van der Waals surface area contributed by atoms with Crippen LogP contribution in [-0.2, 0) is 6.61 Å². The molecule has 0 bridgehead atoms. The Morgan fingerprint density at radius 1 is 1.17 bits per heavy atom. The Morgan fingerprint density at radius 2 is 1.92 bits per heavy atom. The van der Waals surface area contributed by atoms with Crippen molar-refractivity contribution in [2.24, 2.45) is 0 Å². The third-order valence-electron chi connectivity index (χ3n) is 3.48. The summed E-state index contributed by atoms with van der Waals surface area (Å²) in [6, 6.07) is 8.92.